The predicted molar refractivity (Wildman–Crippen MR) is 27.6 cm³/mol. The maximum absolute atomic E-state index is 11.9. The van der Waals surface area contributed by atoms with Crippen LogP contribution in [0.4, 0.5) is 22.0 Å². The summed E-state index contributed by atoms with van der Waals surface area (Å²) in [7, 11) is 0. The van der Waals surface area contributed by atoms with Gasteiger partial charge in [-0.2, -0.15) is 22.0 Å². The zero-order valence-corrected chi connectivity index (χ0v) is 5.70. The van der Waals surface area contributed by atoms with Crippen molar-refractivity contribution in [3.63, 3.8) is 0 Å². The van der Waals surface area contributed by atoms with E-state index in [1.165, 1.54) is 0 Å². The van der Waals surface area contributed by atoms with Crippen LogP contribution in [0.25, 0.3) is 0 Å². The molecule has 0 aliphatic heterocycles. The first kappa shape index (κ1) is 11.1. The van der Waals surface area contributed by atoms with E-state index in [9.17, 15) is 26.7 Å². The second kappa shape index (κ2) is 3.68. The molecule has 2 nitrogen and oxygen atoms in total. The summed E-state index contributed by atoms with van der Waals surface area (Å²) in [4.78, 5) is 9.39. The van der Waals surface area contributed by atoms with E-state index in [0.717, 1.165) is 0 Å². The summed E-state index contributed by atoms with van der Waals surface area (Å²) in [6, 6.07) is 0. The molecular weight excluding hydrogens is 187 g/mol. The third-order valence-electron chi connectivity index (χ3n) is 1.02. The number of carbonyl (C=O) groups excluding carboxylic acids is 1. The van der Waals surface area contributed by atoms with Crippen molar-refractivity contribution in [2.45, 2.75) is 18.5 Å². The van der Waals surface area contributed by atoms with Gasteiger partial charge in [-0.25, -0.2) is 0 Å². The predicted octanol–water partition coefficient (Wildman–Crippen LogP) is 1.75. The lowest BCUT2D eigenvalue weighted by Crippen LogP contribution is -2.37. The summed E-state index contributed by atoms with van der Waals surface area (Å²) in [5.74, 6) is -4.80. The normalized spacial score (nSPS) is 12.8. The topological polar surface area (TPSA) is 26.3 Å². The minimum atomic E-state index is -5.58. The second-order valence-electron chi connectivity index (χ2n) is 1.92. The Kier molecular flexibility index (Phi) is 3.41. The van der Waals surface area contributed by atoms with Gasteiger partial charge in [0.1, 0.15) is 0 Å². The van der Waals surface area contributed by atoms with E-state index in [4.69, 9.17) is 0 Å². The number of halogens is 5. The van der Waals surface area contributed by atoms with Gasteiger partial charge in [-0.3, -0.25) is 4.79 Å². The Labute approximate surface area is 64.3 Å². The van der Waals surface area contributed by atoms with Gasteiger partial charge in [0.25, 0.3) is 6.47 Å². The van der Waals surface area contributed by atoms with Gasteiger partial charge in [-0.05, 0) is 0 Å². The lowest BCUT2D eigenvalue weighted by molar-refractivity contribution is -0.286. The standard InChI is InChI=1S/C5H5F5O2/c6-4(7,5(8,9)10)1-2-12-3-11/h3H,1-2H2. The summed E-state index contributed by atoms with van der Waals surface area (Å²) < 4.78 is 61.7. The highest BCUT2D eigenvalue weighted by Gasteiger charge is 2.56. The van der Waals surface area contributed by atoms with Gasteiger partial charge in [0.2, 0.25) is 0 Å². The van der Waals surface area contributed by atoms with Crippen molar-refractivity contribution in [3.05, 3.63) is 0 Å². The lowest BCUT2D eigenvalue weighted by Gasteiger charge is -2.18. The molecule has 0 heterocycles. The molecule has 0 rings (SSSR count). The Morgan fingerprint density at radius 1 is 1.17 bits per heavy atom. The Hall–Kier alpha value is -0.880. The van der Waals surface area contributed by atoms with Crippen molar-refractivity contribution in [1.82, 2.24) is 0 Å². The van der Waals surface area contributed by atoms with Crippen LogP contribution in [-0.4, -0.2) is 25.2 Å². The van der Waals surface area contributed by atoms with Gasteiger partial charge in [-0.15, -0.1) is 0 Å². The SMILES string of the molecule is O=COCCC(F)(F)C(F)(F)F. The van der Waals surface area contributed by atoms with Crippen LogP contribution in [0.1, 0.15) is 6.42 Å². The maximum atomic E-state index is 11.9. The van der Waals surface area contributed by atoms with Crippen LogP contribution >= 0.6 is 0 Å². The van der Waals surface area contributed by atoms with Crippen LogP contribution in [0, 0.1) is 0 Å². The second-order valence-corrected chi connectivity index (χ2v) is 1.92. The molecular formula is C5H5F5O2. The van der Waals surface area contributed by atoms with Crippen molar-refractivity contribution in [2.24, 2.45) is 0 Å². The fourth-order valence-corrected chi connectivity index (χ4v) is 0.377. The summed E-state index contributed by atoms with van der Waals surface area (Å²) in [6.45, 7) is -1.14. The molecule has 0 radical (unpaired) electrons. The van der Waals surface area contributed by atoms with E-state index < -0.39 is 25.1 Å². The minimum absolute atomic E-state index is 0.188. The fourth-order valence-electron chi connectivity index (χ4n) is 0.377. The van der Waals surface area contributed by atoms with Gasteiger partial charge in [0, 0.05) is 0 Å². The van der Waals surface area contributed by atoms with E-state index in [2.05, 4.69) is 4.74 Å². The molecule has 0 spiro atoms. The Bertz CT molecular complexity index is 152. The van der Waals surface area contributed by atoms with Gasteiger partial charge in [-0.1, -0.05) is 0 Å². The Balaban J connectivity index is 3.95. The molecule has 0 saturated carbocycles. The van der Waals surface area contributed by atoms with Crippen LogP contribution in [0.3, 0.4) is 0 Å². The number of carbonyl (C=O) groups is 1. The third-order valence-corrected chi connectivity index (χ3v) is 1.02. The van der Waals surface area contributed by atoms with E-state index in [-0.39, 0.29) is 6.47 Å². The number of alkyl halides is 5. The summed E-state index contributed by atoms with van der Waals surface area (Å²) in [5, 5.41) is 0. The highest BCUT2D eigenvalue weighted by molar-refractivity contribution is 5.36. The monoisotopic (exact) mass is 192 g/mol. The average Bonchev–Trinajstić information content (AvgIpc) is 1.85. The Morgan fingerprint density at radius 3 is 2.00 bits per heavy atom. The van der Waals surface area contributed by atoms with Gasteiger partial charge in [0.15, 0.2) is 0 Å². The molecule has 0 aromatic rings. The lowest BCUT2D eigenvalue weighted by atomic mass is 10.2. The first-order valence-electron chi connectivity index (χ1n) is 2.81. The molecule has 0 aliphatic rings. The quantitative estimate of drug-likeness (QED) is 0.385. The summed E-state index contributed by atoms with van der Waals surface area (Å²) >= 11 is 0. The van der Waals surface area contributed by atoms with E-state index in [1.807, 2.05) is 0 Å². The van der Waals surface area contributed by atoms with Crippen LogP contribution in [0.15, 0.2) is 0 Å². The molecule has 0 N–H and O–H groups in total. The van der Waals surface area contributed by atoms with E-state index in [0.29, 0.717) is 0 Å². The highest BCUT2D eigenvalue weighted by Crippen LogP contribution is 2.37. The maximum Gasteiger partial charge on any atom is 0.453 e. The van der Waals surface area contributed by atoms with Crippen LogP contribution in [0.5, 0.6) is 0 Å². The van der Waals surface area contributed by atoms with Crippen molar-refractivity contribution < 1.29 is 31.5 Å². The fraction of sp³-hybridized carbons (Fsp3) is 0.800. The molecule has 0 fully saturated rings. The van der Waals surface area contributed by atoms with Crippen molar-refractivity contribution in [2.75, 3.05) is 6.61 Å². The zero-order valence-electron chi connectivity index (χ0n) is 5.70. The van der Waals surface area contributed by atoms with Gasteiger partial charge >= 0.3 is 12.1 Å². The number of ether oxygens (including phenoxy) is 1. The summed E-state index contributed by atoms with van der Waals surface area (Å²) in [5.41, 5.74) is 0. The van der Waals surface area contributed by atoms with Crippen LogP contribution < -0.4 is 0 Å². The van der Waals surface area contributed by atoms with E-state index >= 15 is 0 Å². The highest BCUT2D eigenvalue weighted by atomic mass is 19.4. The average molecular weight is 192 g/mol. The molecule has 0 aromatic heterocycles. The summed E-state index contributed by atoms with van der Waals surface area (Å²) in [6.07, 6.45) is -7.13. The van der Waals surface area contributed by atoms with E-state index in [1.54, 1.807) is 0 Å². The van der Waals surface area contributed by atoms with Crippen molar-refractivity contribution >= 4 is 6.47 Å². The number of rotatable bonds is 4. The molecule has 0 unspecified atom stereocenters. The molecule has 0 aromatic carbocycles. The van der Waals surface area contributed by atoms with Gasteiger partial charge < -0.3 is 4.74 Å². The van der Waals surface area contributed by atoms with Crippen LogP contribution in [0.2, 0.25) is 0 Å². The molecule has 7 heteroatoms. The third kappa shape index (κ3) is 3.02. The smallest absolute Gasteiger partial charge is 0.453 e. The van der Waals surface area contributed by atoms with Crippen molar-refractivity contribution in [1.29, 1.82) is 0 Å². The largest absolute Gasteiger partial charge is 0.468 e. The molecule has 12 heavy (non-hydrogen) atoms. The first-order chi connectivity index (χ1) is 5.31. The number of hydrogen-bond donors (Lipinski definition) is 0. The number of hydrogen-bond acceptors (Lipinski definition) is 2. The molecule has 0 atom stereocenters. The van der Waals surface area contributed by atoms with Crippen LogP contribution in [-0.2, 0) is 9.53 Å². The Morgan fingerprint density at radius 2 is 1.67 bits per heavy atom. The van der Waals surface area contributed by atoms with Crippen molar-refractivity contribution in [3.8, 4) is 0 Å². The molecule has 0 saturated heterocycles. The van der Waals surface area contributed by atoms with Gasteiger partial charge in [0.05, 0.1) is 13.0 Å². The minimum Gasteiger partial charge on any atom is -0.468 e. The first-order valence-corrected chi connectivity index (χ1v) is 2.81. The molecule has 0 aliphatic carbocycles. The molecule has 0 bridgehead atoms. The zero-order chi connectivity index (χ0) is 9.83. The molecule has 72 valence electrons. The molecule has 0 amide bonds.